The summed E-state index contributed by atoms with van der Waals surface area (Å²) in [6.07, 6.45) is 4.43. The third-order valence-corrected chi connectivity index (χ3v) is 4.95. The molecule has 112 valence electrons. The number of ether oxygens (including phenoxy) is 1. The van der Waals surface area contributed by atoms with E-state index in [4.69, 9.17) is 4.74 Å². The summed E-state index contributed by atoms with van der Waals surface area (Å²) < 4.78 is 5.88. The van der Waals surface area contributed by atoms with Gasteiger partial charge in [0.25, 0.3) is 0 Å². The molecule has 2 unspecified atom stereocenters. The van der Waals surface area contributed by atoms with Crippen LogP contribution in [0.15, 0.2) is 18.2 Å². The predicted molar refractivity (Wildman–Crippen MR) is 82.2 cm³/mol. The Balaban J connectivity index is 1.87. The van der Waals surface area contributed by atoms with Crippen molar-refractivity contribution in [3.05, 3.63) is 29.3 Å². The Morgan fingerprint density at radius 3 is 2.80 bits per heavy atom. The van der Waals surface area contributed by atoms with Gasteiger partial charge < -0.3 is 15.2 Å². The minimum absolute atomic E-state index is 0.0907. The van der Waals surface area contributed by atoms with Crippen molar-refractivity contribution < 1.29 is 9.84 Å². The summed E-state index contributed by atoms with van der Waals surface area (Å²) in [4.78, 5) is 0. The van der Waals surface area contributed by atoms with Gasteiger partial charge in [-0.1, -0.05) is 12.5 Å². The fraction of sp³-hybridized carbons (Fsp3) is 0.647. The second-order valence-corrected chi connectivity index (χ2v) is 6.04. The van der Waals surface area contributed by atoms with Crippen molar-refractivity contribution >= 4 is 0 Å². The zero-order valence-electron chi connectivity index (χ0n) is 12.9. The van der Waals surface area contributed by atoms with Gasteiger partial charge in [-0.2, -0.15) is 0 Å². The second-order valence-electron chi connectivity index (χ2n) is 6.04. The third kappa shape index (κ3) is 3.15. The molecular weight excluding hydrogens is 250 g/mol. The van der Waals surface area contributed by atoms with Crippen LogP contribution in [0.4, 0.5) is 0 Å². The maximum Gasteiger partial charge on any atom is 0.119 e. The number of aliphatic hydroxyl groups is 1. The van der Waals surface area contributed by atoms with Gasteiger partial charge in [0.1, 0.15) is 5.75 Å². The van der Waals surface area contributed by atoms with Crippen LogP contribution in [0.3, 0.4) is 0 Å². The lowest BCUT2D eigenvalue weighted by atomic mass is 9.86. The van der Waals surface area contributed by atoms with E-state index in [-0.39, 0.29) is 12.1 Å². The highest BCUT2D eigenvalue weighted by Gasteiger charge is 2.40. The van der Waals surface area contributed by atoms with Crippen molar-refractivity contribution in [1.82, 2.24) is 5.32 Å². The number of hydrogen-bond acceptors (Lipinski definition) is 3. The van der Waals surface area contributed by atoms with Gasteiger partial charge in [-0.05, 0) is 69.3 Å². The first-order valence-electron chi connectivity index (χ1n) is 7.61. The number of aryl methyl sites for hydroxylation is 2. The average molecular weight is 277 g/mol. The number of rotatable bonds is 6. The van der Waals surface area contributed by atoms with E-state index < -0.39 is 0 Å². The van der Waals surface area contributed by atoms with Crippen LogP contribution in [-0.4, -0.2) is 30.9 Å². The highest BCUT2D eigenvalue weighted by atomic mass is 16.5. The minimum Gasteiger partial charge on any atom is -0.494 e. The van der Waals surface area contributed by atoms with Crippen LogP contribution < -0.4 is 10.1 Å². The molecule has 1 fully saturated rings. The summed E-state index contributed by atoms with van der Waals surface area (Å²) in [7, 11) is 1.96. The maximum absolute atomic E-state index is 9.67. The van der Waals surface area contributed by atoms with Gasteiger partial charge in [0, 0.05) is 5.54 Å². The molecule has 2 rings (SSSR count). The molecular formula is C17H27NO2. The van der Waals surface area contributed by atoms with Gasteiger partial charge in [-0.15, -0.1) is 0 Å². The standard InChI is InChI=1S/C17H27NO2/c1-13-6-7-16(11-14(13)2)20-10-8-15-5-4-9-17(15,12-19)18-3/h6-7,11,15,18-19H,4-5,8-10,12H2,1-3H3. The molecule has 1 aliphatic carbocycles. The van der Waals surface area contributed by atoms with Crippen LogP contribution in [0.2, 0.25) is 0 Å². The van der Waals surface area contributed by atoms with Crippen molar-refractivity contribution in [1.29, 1.82) is 0 Å². The van der Waals surface area contributed by atoms with Crippen LogP contribution in [0.25, 0.3) is 0 Å². The van der Waals surface area contributed by atoms with E-state index in [1.54, 1.807) is 0 Å². The molecule has 1 aromatic rings. The minimum atomic E-state index is -0.0907. The molecule has 1 aliphatic rings. The summed E-state index contributed by atoms with van der Waals surface area (Å²) in [5.41, 5.74) is 2.47. The smallest absolute Gasteiger partial charge is 0.119 e. The molecule has 0 amide bonds. The molecule has 1 aromatic carbocycles. The molecule has 2 atom stereocenters. The lowest BCUT2D eigenvalue weighted by Crippen LogP contribution is -2.49. The van der Waals surface area contributed by atoms with Gasteiger partial charge >= 0.3 is 0 Å². The van der Waals surface area contributed by atoms with Gasteiger partial charge in [0.15, 0.2) is 0 Å². The van der Waals surface area contributed by atoms with Crippen molar-refractivity contribution in [3.8, 4) is 5.75 Å². The van der Waals surface area contributed by atoms with Crippen LogP contribution in [0.5, 0.6) is 5.75 Å². The highest BCUT2D eigenvalue weighted by molar-refractivity contribution is 5.33. The summed E-state index contributed by atoms with van der Waals surface area (Å²) in [6.45, 7) is 5.16. The summed E-state index contributed by atoms with van der Waals surface area (Å²) in [6, 6.07) is 6.24. The molecule has 0 spiro atoms. The van der Waals surface area contributed by atoms with E-state index in [9.17, 15) is 5.11 Å². The molecule has 0 aliphatic heterocycles. The summed E-state index contributed by atoms with van der Waals surface area (Å²) in [5.74, 6) is 1.45. The van der Waals surface area contributed by atoms with Gasteiger partial charge in [-0.3, -0.25) is 0 Å². The topological polar surface area (TPSA) is 41.5 Å². The SMILES string of the molecule is CNC1(CO)CCCC1CCOc1ccc(C)c(C)c1. The number of aliphatic hydroxyl groups excluding tert-OH is 1. The van der Waals surface area contributed by atoms with Crippen LogP contribution in [0, 0.1) is 19.8 Å². The van der Waals surface area contributed by atoms with E-state index in [0.29, 0.717) is 5.92 Å². The number of likely N-dealkylation sites (N-methyl/N-ethyl adjacent to an activating group) is 1. The lowest BCUT2D eigenvalue weighted by Gasteiger charge is -2.33. The van der Waals surface area contributed by atoms with Crippen molar-refractivity contribution in [2.24, 2.45) is 5.92 Å². The number of hydrogen-bond donors (Lipinski definition) is 2. The van der Waals surface area contributed by atoms with Crippen LogP contribution in [0.1, 0.15) is 36.8 Å². The fourth-order valence-corrected chi connectivity index (χ4v) is 3.30. The average Bonchev–Trinajstić information content (AvgIpc) is 2.86. The molecule has 1 saturated carbocycles. The first kappa shape index (κ1) is 15.3. The van der Waals surface area contributed by atoms with E-state index in [1.165, 1.54) is 24.0 Å². The maximum atomic E-state index is 9.67. The second kappa shape index (κ2) is 6.59. The van der Waals surface area contributed by atoms with Crippen molar-refractivity contribution in [3.63, 3.8) is 0 Å². The van der Waals surface area contributed by atoms with Gasteiger partial charge in [0.2, 0.25) is 0 Å². The summed E-state index contributed by atoms with van der Waals surface area (Å²) >= 11 is 0. The first-order valence-corrected chi connectivity index (χ1v) is 7.61. The molecule has 0 saturated heterocycles. The molecule has 20 heavy (non-hydrogen) atoms. The number of nitrogens with one attached hydrogen (secondary N) is 1. The Labute approximate surface area is 122 Å². The Kier molecular flexibility index (Phi) is 5.06. The first-order chi connectivity index (χ1) is 9.61. The van der Waals surface area contributed by atoms with Crippen LogP contribution in [-0.2, 0) is 0 Å². The van der Waals surface area contributed by atoms with Crippen molar-refractivity contribution in [2.45, 2.75) is 45.1 Å². The Hall–Kier alpha value is -1.06. The monoisotopic (exact) mass is 277 g/mol. The molecule has 0 heterocycles. The van der Waals surface area contributed by atoms with Crippen LogP contribution >= 0.6 is 0 Å². The number of benzene rings is 1. The molecule has 0 bridgehead atoms. The van der Waals surface area contributed by atoms with Gasteiger partial charge in [-0.25, -0.2) is 0 Å². The zero-order chi connectivity index (χ0) is 14.6. The van der Waals surface area contributed by atoms with E-state index in [2.05, 4.69) is 31.3 Å². The zero-order valence-corrected chi connectivity index (χ0v) is 12.9. The summed E-state index contributed by atoms with van der Waals surface area (Å²) in [5, 5.41) is 13.0. The van der Waals surface area contributed by atoms with E-state index in [1.807, 2.05) is 13.1 Å². The molecule has 0 aromatic heterocycles. The van der Waals surface area contributed by atoms with Gasteiger partial charge in [0.05, 0.1) is 13.2 Å². The third-order valence-electron chi connectivity index (χ3n) is 4.95. The molecule has 3 nitrogen and oxygen atoms in total. The highest BCUT2D eigenvalue weighted by Crippen LogP contribution is 2.37. The largest absolute Gasteiger partial charge is 0.494 e. The van der Waals surface area contributed by atoms with E-state index >= 15 is 0 Å². The fourth-order valence-electron chi connectivity index (χ4n) is 3.30. The quantitative estimate of drug-likeness (QED) is 0.840. The molecule has 0 radical (unpaired) electrons. The molecule has 2 N–H and O–H groups in total. The molecule has 3 heteroatoms. The van der Waals surface area contributed by atoms with E-state index in [0.717, 1.165) is 25.2 Å². The Morgan fingerprint density at radius 2 is 2.15 bits per heavy atom. The van der Waals surface area contributed by atoms with Crippen molar-refractivity contribution in [2.75, 3.05) is 20.3 Å². The predicted octanol–water partition coefficient (Wildman–Crippen LogP) is 2.82. The Bertz CT molecular complexity index is 441. The Morgan fingerprint density at radius 1 is 1.35 bits per heavy atom. The lowest BCUT2D eigenvalue weighted by molar-refractivity contribution is 0.117. The normalized spacial score (nSPS) is 25.9.